The van der Waals surface area contributed by atoms with Crippen molar-refractivity contribution < 1.29 is 5.11 Å². The van der Waals surface area contributed by atoms with Gasteiger partial charge in [-0.2, -0.15) is 0 Å². The quantitative estimate of drug-likeness (QED) is 0.514. The molecule has 0 unspecified atom stereocenters. The van der Waals surface area contributed by atoms with Gasteiger partial charge in [0.2, 0.25) is 0 Å². The number of aromatic hydroxyl groups is 1. The Kier molecular flexibility index (Phi) is 2.47. The molecule has 0 bridgehead atoms. The first-order valence-corrected chi connectivity index (χ1v) is 4.87. The van der Waals surface area contributed by atoms with Gasteiger partial charge in [0.1, 0.15) is 5.75 Å². The Morgan fingerprint density at radius 3 is 2.80 bits per heavy atom. The zero-order valence-corrected chi connectivity index (χ0v) is 8.62. The predicted molar refractivity (Wildman–Crippen MR) is 62.8 cm³/mol. The third-order valence-corrected chi connectivity index (χ3v) is 2.51. The van der Waals surface area contributed by atoms with Crippen LogP contribution in [0.15, 0.2) is 30.3 Å². The molecule has 78 valence electrons. The lowest BCUT2D eigenvalue weighted by atomic mass is 10.0. The van der Waals surface area contributed by atoms with Gasteiger partial charge < -0.3 is 16.2 Å². The van der Waals surface area contributed by atoms with Crippen LogP contribution in [-0.2, 0) is 6.54 Å². The first kappa shape index (κ1) is 9.80. The van der Waals surface area contributed by atoms with E-state index in [2.05, 4.69) is 5.32 Å². The molecule has 0 aliphatic heterocycles. The third-order valence-electron chi connectivity index (χ3n) is 2.51. The van der Waals surface area contributed by atoms with E-state index in [-0.39, 0.29) is 5.75 Å². The number of hydrogen-bond acceptors (Lipinski definition) is 3. The van der Waals surface area contributed by atoms with Crippen LogP contribution in [0.4, 0.5) is 5.69 Å². The number of hydrogen-bond donors (Lipinski definition) is 3. The van der Waals surface area contributed by atoms with E-state index >= 15 is 0 Å². The van der Waals surface area contributed by atoms with Crippen LogP contribution in [0.5, 0.6) is 5.75 Å². The van der Waals surface area contributed by atoms with Crippen molar-refractivity contribution in [3.8, 4) is 5.75 Å². The molecule has 0 amide bonds. The average Bonchev–Trinajstić information content (AvgIpc) is 2.26. The van der Waals surface area contributed by atoms with Gasteiger partial charge in [0, 0.05) is 17.5 Å². The van der Waals surface area contributed by atoms with Crippen LogP contribution < -0.4 is 11.1 Å². The fourth-order valence-electron chi connectivity index (χ4n) is 1.75. The molecule has 0 atom stereocenters. The highest BCUT2D eigenvalue weighted by atomic mass is 16.3. The molecule has 0 fully saturated rings. The summed E-state index contributed by atoms with van der Waals surface area (Å²) >= 11 is 0. The Bertz CT molecular complexity index is 494. The molecular formula is C12H14N2O. The highest BCUT2D eigenvalue weighted by Gasteiger charge is 2.08. The predicted octanol–water partition coefficient (Wildman–Crippen LogP) is 1.85. The molecule has 4 N–H and O–H groups in total. The van der Waals surface area contributed by atoms with Gasteiger partial charge in [-0.05, 0) is 18.5 Å². The summed E-state index contributed by atoms with van der Waals surface area (Å²) in [7, 11) is 1.84. The van der Waals surface area contributed by atoms with E-state index < -0.39 is 0 Å². The molecule has 0 saturated heterocycles. The number of phenolic OH excluding ortho intramolecular Hbond substituents is 1. The van der Waals surface area contributed by atoms with Crippen molar-refractivity contribution in [2.24, 2.45) is 0 Å². The molecule has 3 nitrogen and oxygen atoms in total. The van der Waals surface area contributed by atoms with Gasteiger partial charge in [-0.1, -0.05) is 24.3 Å². The first-order chi connectivity index (χ1) is 7.24. The summed E-state index contributed by atoms with van der Waals surface area (Å²) in [6, 6.07) is 9.73. The summed E-state index contributed by atoms with van der Waals surface area (Å²) in [6.45, 7) is 0.612. The molecule has 2 rings (SSSR count). The second kappa shape index (κ2) is 3.79. The molecule has 0 spiro atoms. The van der Waals surface area contributed by atoms with E-state index in [0.717, 1.165) is 16.3 Å². The Morgan fingerprint density at radius 2 is 2.07 bits per heavy atom. The van der Waals surface area contributed by atoms with Crippen molar-refractivity contribution in [2.45, 2.75) is 6.54 Å². The number of nitrogen functional groups attached to an aromatic ring is 1. The Hall–Kier alpha value is -1.74. The number of anilines is 1. The van der Waals surface area contributed by atoms with Crippen LogP contribution in [0.2, 0.25) is 0 Å². The van der Waals surface area contributed by atoms with Crippen molar-refractivity contribution in [3.05, 3.63) is 35.9 Å². The topological polar surface area (TPSA) is 58.3 Å². The van der Waals surface area contributed by atoms with Gasteiger partial charge in [-0.3, -0.25) is 0 Å². The van der Waals surface area contributed by atoms with E-state index in [9.17, 15) is 5.11 Å². The number of nitrogens with one attached hydrogen (secondary N) is 1. The van der Waals surface area contributed by atoms with Crippen molar-refractivity contribution in [1.29, 1.82) is 0 Å². The minimum absolute atomic E-state index is 0.183. The number of phenols is 1. The van der Waals surface area contributed by atoms with E-state index in [0.29, 0.717) is 12.2 Å². The van der Waals surface area contributed by atoms with Crippen LogP contribution in [0, 0.1) is 0 Å². The molecule has 0 heterocycles. The van der Waals surface area contributed by atoms with Gasteiger partial charge >= 0.3 is 0 Å². The second-order valence-electron chi connectivity index (χ2n) is 3.55. The normalized spacial score (nSPS) is 10.7. The average molecular weight is 202 g/mol. The highest BCUT2D eigenvalue weighted by molar-refractivity contribution is 5.96. The molecule has 0 saturated carbocycles. The van der Waals surface area contributed by atoms with Gasteiger partial charge in [0.15, 0.2) is 0 Å². The zero-order chi connectivity index (χ0) is 10.8. The van der Waals surface area contributed by atoms with Gasteiger partial charge in [0.25, 0.3) is 0 Å². The van der Waals surface area contributed by atoms with Gasteiger partial charge in [0.05, 0.1) is 5.69 Å². The Labute approximate surface area is 88.5 Å². The first-order valence-electron chi connectivity index (χ1n) is 4.87. The lowest BCUT2D eigenvalue weighted by Crippen LogP contribution is -2.06. The highest BCUT2D eigenvalue weighted by Crippen LogP contribution is 2.33. The second-order valence-corrected chi connectivity index (χ2v) is 3.55. The summed E-state index contributed by atoms with van der Waals surface area (Å²) in [5, 5.41) is 14.8. The van der Waals surface area contributed by atoms with E-state index in [4.69, 9.17) is 5.73 Å². The fraction of sp³-hybridized carbons (Fsp3) is 0.167. The molecule has 2 aromatic rings. The molecule has 0 aliphatic carbocycles. The summed E-state index contributed by atoms with van der Waals surface area (Å²) in [4.78, 5) is 0. The van der Waals surface area contributed by atoms with Crippen LogP contribution in [0.1, 0.15) is 5.56 Å². The zero-order valence-electron chi connectivity index (χ0n) is 8.62. The fourth-order valence-corrected chi connectivity index (χ4v) is 1.75. The standard InChI is InChI=1S/C12H14N2O/c1-14-7-9-6-8-4-2-3-5-10(8)11(13)12(9)15/h2-6,14-15H,7,13H2,1H3. The molecule has 15 heavy (non-hydrogen) atoms. The monoisotopic (exact) mass is 202 g/mol. The van der Waals surface area contributed by atoms with Gasteiger partial charge in [-0.15, -0.1) is 0 Å². The van der Waals surface area contributed by atoms with Crippen molar-refractivity contribution in [3.63, 3.8) is 0 Å². The molecule has 0 radical (unpaired) electrons. The molecule has 3 heteroatoms. The molecule has 0 aromatic heterocycles. The molecular weight excluding hydrogens is 188 g/mol. The number of benzene rings is 2. The number of nitrogens with two attached hydrogens (primary N) is 1. The third kappa shape index (κ3) is 1.62. The molecule has 2 aromatic carbocycles. The number of fused-ring (bicyclic) bond motifs is 1. The van der Waals surface area contributed by atoms with Crippen LogP contribution in [0.3, 0.4) is 0 Å². The maximum absolute atomic E-state index is 9.86. The lowest BCUT2D eigenvalue weighted by molar-refractivity contribution is 0.469. The summed E-state index contributed by atoms with van der Waals surface area (Å²) < 4.78 is 0. The van der Waals surface area contributed by atoms with E-state index in [1.165, 1.54) is 0 Å². The minimum Gasteiger partial charge on any atom is -0.505 e. The van der Waals surface area contributed by atoms with Crippen LogP contribution in [-0.4, -0.2) is 12.2 Å². The summed E-state index contributed by atoms with van der Waals surface area (Å²) in [6.07, 6.45) is 0. The van der Waals surface area contributed by atoms with Crippen molar-refractivity contribution in [1.82, 2.24) is 5.32 Å². The van der Waals surface area contributed by atoms with Crippen LogP contribution in [0.25, 0.3) is 10.8 Å². The molecule has 0 aliphatic rings. The smallest absolute Gasteiger partial charge is 0.143 e. The number of rotatable bonds is 2. The SMILES string of the molecule is CNCc1cc2ccccc2c(N)c1O. The largest absolute Gasteiger partial charge is 0.505 e. The minimum atomic E-state index is 0.183. The van der Waals surface area contributed by atoms with Gasteiger partial charge in [-0.25, -0.2) is 0 Å². The van der Waals surface area contributed by atoms with E-state index in [1.54, 1.807) is 0 Å². The Morgan fingerprint density at radius 1 is 1.33 bits per heavy atom. The summed E-state index contributed by atoms with van der Waals surface area (Å²) in [5.74, 6) is 0.183. The lowest BCUT2D eigenvalue weighted by Gasteiger charge is -2.10. The summed E-state index contributed by atoms with van der Waals surface area (Å²) in [5.41, 5.74) is 7.16. The van der Waals surface area contributed by atoms with Crippen molar-refractivity contribution >= 4 is 16.5 Å². The Balaban J connectivity index is 2.71. The maximum atomic E-state index is 9.86. The van der Waals surface area contributed by atoms with E-state index in [1.807, 2.05) is 37.4 Å². The van der Waals surface area contributed by atoms with Crippen molar-refractivity contribution in [2.75, 3.05) is 12.8 Å². The van der Waals surface area contributed by atoms with Crippen LogP contribution >= 0.6 is 0 Å². The maximum Gasteiger partial charge on any atom is 0.143 e.